The third-order valence-corrected chi connectivity index (χ3v) is 4.29. The molecule has 0 spiro atoms. The molecule has 4 nitrogen and oxygen atoms in total. The number of aromatic nitrogens is 3. The maximum atomic E-state index is 5.79. The predicted octanol–water partition coefficient (Wildman–Crippen LogP) is 3.50. The van der Waals surface area contributed by atoms with E-state index >= 15 is 0 Å². The molecule has 1 saturated heterocycles. The normalized spacial score (nSPS) is 20.9. The van der Waals surface area contributed by atoms with Gasteiger partial charge in [0.25, 0.3) is 0 Å². The van der Waals surface area contributed by atoms with E-state index in [1.807, 2.05) is 10.7 Å². The van der Waals surface area contributed by atoms with Gasteiger partial charge in [-0.25, -0.2) is 4.68 Å². The van der Waals surface area contributed by atoms with Crippen LogP contribution in [0.25, 0.3) is 11.0 Å². The molecule has 0 aromatic carbocycles. The van der Waals surface area contributed by atoms with Crippen molar-refractivity contribution < 1.29 is 4.74 Å². The Hall–Kier alpha value is -0.210. The zero-order chi connectivity index (χ0) is 11.8. The second-order valence-corrected chi connectivity index (χ2v) is 5.92. The molecule has 1 fully saturated rings. The second-order valence-electron chi connectivity index (χ2n) is 4.05. The van der Waals surface area contributed by atoms with Crippen molar-refractivity contribution >= 4 is 49.6 Å². The predicted molar refractivity (Wildman–Crippen MR) is 76.8 cm³/mol. The first kappa shape index (κ1) is 11.9. The van der Waals surface area contributed by atoms with Gasteiger partial charge in [-0.15, -0.1) is 0 Å². The highest BCUT2D eigenvalue weighted by Crippen LogP contribution is 2.31. The average Bonchev–Trinajstić information content (AvgIpc) is 2.70. The molecule has 3 heterocycles. The van der Waals surface area contributed by atoms with Gasteiger partial charge < -0.3 is 4.74 Å². The van der Waals surface area contributed by atoms with E-state index in [-0.39, 0.29) is 6.23 Å². The summed E-state index contributed by atoms with van der Waals surface area (Å²) < 4.78 is 9.70. The van der Waals surface area contributed by atoms with E-state index in [2.05, 4.69) is 48.6 Å². The van der Waals surface area contributed by atoms with Gasteiger partial charge >= 0.3 is 0 Å². The van der Waals surface area contributed by atoms with E-state index in [0.717, 1.165) is 38.7 Å². The number of pyridine rings is 1. The molecule has 1 unspecified atom stereocenters. The van der Waals surface area contributed by atoms with Gasteiger partial charge in [-0.05, 0) is 63.8 Å². The summed E-state index contributed by atoms with van der Waals surface area (Å²) in [5.74, 6) is 0. The molecule has 0 bridgehead atoms. The Morgan fingerprint density at radius 1 is 1.47 bits per heavy atom. The fraction of sp³-hybridized carbons (Fsp3) is 0.455. The number of nitrogens with zero attached hydrogens (tertiary/aromatic N) is 3. The number of ether oxygens (including phenoxy) is 1. The molecule has 1 aliphatic heterocycles. The van der Waals surface area contributed by atoms with Crippen LogP contribution in [0.15, 0.2) is 16.7 Å². The monoisotopic (exact) mass is 407 g/mol. The van der Waals surface area contributed by atoms with Gasteiger partial charge in [-0.2, -0.15) is 5.10 Å². The van der Waals surface area contributed by atoms with Crippen molar-refractivity contribution in [2.24, 2.45) is 0 Å². The van der Waals surface area contributed by atoms with Gasteiger partial charge in [0.2, 0.25) is 0 Å². The van der Waals surface area contributed by atoms with Crippen molar-refractivity contribution in [3.8, 4) is 0 Å². The second kappa shape index (κ2) is 4.81. The number of halogens is 2. The largest absolute Gasteiger partial charge is 0.356 e. The average molecular weight is 408 g/mol. The molecule has 6 heteroatoms. The molecule has 0 amide bonds. The van der Waals surface area contributed by atoms with Crippen LogP contribution < -0.4 is 0 Å². The minimum Gasteiger partial charge on any atom is -0.356 e. The first-order valence-electron chi connectivity index (χ1n) is 5.57. The summed E-state index contributed by atoms with van der Waals surface area (Å²) in [5, 5.41) is 4.56. The minimum atomic E-state index is 0.0512. The number of hydrogen-bond acceptors (Lipinski definition) is 3. The maximum absolute atomic E-state index is 5.79. The van der Waals surface area contributed by atoms with Gasteiger partial charge in [0, 0.05) is 17.3 Å². The lowest BCUT2D eigenvalue weighted by Gasteiger charge is -2.23. The zero-order valence-electron chi connectivity index (χ0n) is 9.07. The highest BCUT2D eigenvalue weighted by Gasteiger charge is 2.22. The molecule has 2 aromatic heterocycles. The first-order chi connectivity index (χ1) is 8.27. The van der Waals surface area contributed by atoms with E-state index in [1.54, 1.807) is 6.20 Å². The lowest BCUT2D eigenvalue weighted by Crippen LogP contribution is -2.19. The quantitative estimate of drug-likeness (QED) is 0.679. The molecule has 3 rings (SSSR count). The third kappa shape index (κ3) is 2.10. The van der Waals surface area contributed by atoms with Gasteiger partial charge in [0.15, 0.2) is 6.23 Å². The summed E-state index contributed by atoms with van der Waals surface area (Å²) in [7, 11) is 0. The van der Waals surface area contributed by atoms with E-state index in [9.17, 15) is 0 Å². The number of fused-ring (bicyclic) bond motifs is 1. The summed E-state index contributed by atoms with van der Waals surface area (Å²) in [4.78, 5) is 4.38. The molecule has 17 heavy (non-hydrogen) atoms. The lowest BCUT2D eigenvalue weighted by atomic mass is 10.2. The van der Waals surface area contributed by atoms with Crippen LogP contribution in [0.4, 0.5) is 0 Å². The molecule has 1 aliphatic rings. The Balaban J connectivity index is 2.15. The van der Waals surface area contributed by atoms with Crippen molar-refractivity contribution in [2.45, 2.75) is 25.5 Å². The Labute approximate surface area is 121 Å². The van der Waals surface area contributed by atoms with Crippen LogP contribution in [0.3, 0.4) is 0 Å². The van der Waals surface area contributed by atoms with Crippen LogP contribution >= 0.6 is 38.5 Å². The molecule has 90 valence electrons. The first-order valence-corrected chi connectivity index (χ1v) is 7.44. The van der Waals surface area contributed by atoms with E-state index in [0.29, 0.717) is 0 Å². The minimum absolute atomic E-state index is 0.0512. The zero-order valence-corrected chi connectivity index (χ0v) is 12.8. The van der Waals surface area contributed by atoms with Gasteiger partial charge in [0.05, 0.1) is 0 Å². The topological polar surface area (TPSA) is 39.9 Å². The Morgan fingerprint density at radius 3 is 3.12 bits per heavy atom. The standard InChI is InChI=1S/C11H11BrIN3O/c12-7-4-5-14-9-10(7)16(15-11(9)13)8-3-1-2-6-17-8/h4-5,8H,1-3,6H2. The summed E-state index contributed by atoms with van der Waals surface area (Å²) in [5.41, 5.74) is 1.97. The van der Waals surface area contributed by atoms with E-state index < -0.39 is 0 Å². The molecule has 0 aliphatic carbocycles. The number of rotatable bonds is 1. The Kier molecular flexibility index (Phi) is 3.36. The van der Waals surface area contributed by atoms with E-state index in [1.165, 1.54) is 6.42 Å². The van der Waals surface area contributed by atoms with Crippen LogP contribution in [0.2, 0.25) is 0 Å². The molecule has 1 atom stereocenters. The highest BCUT2D eigenvalue weighted by molar-refractivity contribution is 14.1. The molecule has 0 saturated carbocycles. The van der Waals surface area contributed by atoms with Crippen LogP contribution in [0.5, 0.6) is 0 Å². The van der Waals surface area contributed by atoms with E-state index in [4.69, 9.17) is 4.74 Å². The van der Waals surface area contributed by atoms with Crippen LogP contribution in [-0.4, -0.2) is 21.4 Å². The molecule has 2 aromatic rings. The Morgan fingerprint density at radius 2 is 2.35 bits per heavy atom. The summed E-state index contributed by atoms with van der Waals surface area (Å²) in [6.45, 7) is 0.820. The fourth-order valence-corrected chi connectivity index (χ4v) is 3.23. The van der Waals surface area contributed by atoms with Crippen LogP contribution in [-0.2, 0) is 4.74 Å². The summed E-state index contributed by atoms with van der Waals surface area (Å²) in [6.07, 6.45) is 5.21. The smallest absolute Gasteiger partial charge is 0.151 e. The molecular formula is C11H11BrIN3O. The SMILES string of the molecule is Brc1ccnc2c(I)nn(C3CCCCO3)c12. The van der Waals surface area contributed by atoms with Crippen LogP contribution in [0, 0.1) is 3.70 Å². The fourth-order valence-electron chi connectivity index (χ4n) is 2.12. The van der Waals surface area contributed by atoms with Gasteiger partial charge in [-0.1, -0.05) is 0 Å². The lowest BCUT2D eigenvalue weighted by molar-refractivity contribution is -0.0369. The van der Waals surface area contributed by atoms with Crippen molar-refractivity contribution in [3.63, 3.8) is 0 Å². The van der Waals surface area contributed by atoms with Crippen molar-refractivity contribution in [1.82, 2.24) is 14.8 Å². The van der Waals surface area contributed by atoms with Gasteiger partial charge in [-0.3, -0.25) is 4.98 Å². The molecule has 0 N–H and O–H groups in total. The maximum Gasteiger partial charge on any atom is 0.151 e. The third-order valence-electron chi connectivity index (χ3n) is 2.92. The Bertz CT molecular complexity index is 551. The van der Waals surface area contributed by atoms with Crippen LogP contribution in [0.1, 0.15) is 25.5 Å². The van der Waals surface area contributed by atoms with Crippen molar-refractivity contribution in [3.05, 3.63) is 20.4 Å². The van der Waals surface area contributed by atoms with Crippen molar-refractivity contribution in [1.29, 1.82) is 0 Å². The summed E-state index contributed by atoms with van der Waals surface area (Å²) in [6, 6.07) is 1.94. The van der Waals surface area contributed by atoms with Crippen molar-refractivity contribution in [2.75, 3.05) is 6.61 Å². The summed E-state index contributed by atoms with van der Waals surface area (Å²) >= 11 is 5.79. The molecule has 0 radical (unpaired) electrons. The highest BCUT2D eigenvalue weighted by atomic mass is 127. The number of hydrogen-bond donors (Lipinski definition) is 0. The molecular weight excluding hydrogens is 397 g/mol. The van der Waals surface area contributed by atoms with Gasteiger partial charge in [0.1, 0.15) is 14.7 Å².